The van der Waals surface area contributed by atoms with Crippen LogP contribution >= 0.6 is 16.5 Å². The van der Waals surface area contributed by atoms with E-state index in [0.717, 1.165) is 49.1 Å². The Bertz CT molecular complexity index is 8610. The second-order valence-electron chi connectivity index (χ2n) is 34.6. The predicted octanol–water partition coefficient (Wildman–Crippen LogP) is 22.9. The van der Waals surface area contributed by atoms with Crippen LogP contribution in [-0.4, -0.2) is 53.2 Å². The molecule has 1 unspecified atom stereocenters. The molecular formula is C125H102BCuN13O3P2Pt+4. The summed E-state index contributed by atoms with van der Waals surface area (Å²) in [5.41, 5.74) is 30.7. The molecule has 146 heavy (non-hydrogen) atoms. The van der Waals surface area contributed by atoms with Crippen molar-refractivity contribution in [1.29, 1.82) is 5.41 Å². The fraction of sp³-hybridized carbons (Fsp3) is 0.0480. The number of hydrogen-bond donors (Lipinski definition) is 3. The van der Waals surface area contributed by atoms with Crippen molar-refractivity contribution in [2.24, 2.45) is 4.99 Å². The van der Waals surface area contributed by atoms with Crippen molar-refractivity contribution in [3.05, 3.63) is 544 Å². The van der Waals surface area contributed by atoms with Crippen molar-refractivity contribution in [2.75, 3.05) is 0 Å². The van der Waals surface area contributed by atoms with E-state index in [1.54, 1.807) is 42.7 Å². The van der Waals surface area contributed by atoms with Gasteiger partial charge in [0, 0.05) is 90.4 Å². The summed E-state index contributed by atoms with van der Waals surface area (Å²) < 4.78 is 23.3. The number of ether oxygens (including phenoxy) is 1. The van der Waals surface area contributed by atoms with Gasteiger partial charge in [0.25, 0.3) is 24.4 Å². The first-order valence-corrected chi connectivity index (χ1v) is 50.4. The third-order valence-corrected chi connectivity index (χ3v) is 29.3. The Labute approximate surface area is 876 Å². The van der Waals surface area contributed by atoms with Crippen LogP contribution in [0.25, 0.3) is 111 Å². The summed E-state index contributed by atoms with van der Waals surface area (Å²) in [5.74, 6) is 5.19. The van der Waals surface area contributed by atoms with Crippen LogP contribution in [-0.2, 0) is 69.2 Å². The number of nitrogens with one attached hydrogen (secondary N) is 3. The molecule has 0 saturated heterocycles. The maximum Gasteiger partial charge on any atom is 1.00 e. The largest absolute Gasteiger partial charge is 1.00 e. The molecule has 1 atom stereocenters. The van der Waals surface area contributed by atoms with Crippen LogP contribution in [0.15, 0.2) is 509 Å². The number of ketones is 1. The molecule has 12 heterocycles. The summed E-state index contributed by atoms with van der Waals surface area (Å²) in [4.78, 5) is 22.2. The van der Waals surface area contributed by atoms with Gasteiger partial charge in [0.2, 0.25) is 6.67 Å². The summed E-state index contributed by atoms with van der Waals surface area (Å²) >= 11 is 0. The summed E-state index contributed by atoms with van der Waals surface area (Å²) in [7, 11) is 1.42. The molecule has 0 spiro atoms. The molecule has 0 fully saturated rings. The van der Waals surface area contributed by atoms with Gasteiger partial charge >= 0.3 is 17.1 Å². The summed E-state index contributed by atoms with van der Waals surface area (Å²) in [6, 6.07) is 156. The number of fused-ring (bicyclic) bond motifs is 15. The number of aliphatic hydroxyl groups excluding tert-OH is 1. The van der Waals surface area contributed by atoms with Crippen LogP contribution in [0.4, 0.5) is 0 Å². The second kappa shape index (κ2) is 47.6. The molecule has 0 amide bonds. The number of aliphatic hydroxyl groups is 1. The molecule has 1 radical (unpaired) electrons. The topological polar surface area (TPSA) is 174 Å². The number of para-hydroxylation sites is 10. The average Bonchev–Trinajstić information content (AvgIpc) is 1.54. The predicted molar refractivity (Wildman–Crippen MR) is 593 cm³/mol. The van der Waals surface area contributed by atoms with Crippen LogP contribution in [0.2, 0.25) is 0 Å². The zero-order valence-corrected chi connectivity index (χ0v) is 85.3. The van der Waals surface area contributed by atoms with Gasteiger partial charge in [0.15, 0.2) is 50.8 Å². The number of carbonyl (C=O) groups excluding carboxylic acids is 1. The van der Waals surface area contributed by atoms with Crippen molar-refractivity contribution in [2.45, 2.75) is 40.2 Å². The Kier molecular flexibility index (Phi) is 32.5. The van der Waals surface area contributed by atoms with Crippen LogP contribution in [0, 0.1) is 11.5 Å². The Hall–Kier alpha value is -16.5. The van der Waals surface area contributed by atoms with E-state index in [9.17, 15) is 4.79 Å². The van der Waals surface area contributed by atoms with Crippen molar-refractivity contribution < 1.29 is 71.0 Å². The zero-order valence-electron chi connectivity index (χ0n) is 80.1. The van der Waals surface area contributed by atoms with E-state index in [1.807, 2.05) is 97.1 Å². The minimum atomic E-state index is -1.22. The van der Waals surface area contributed by atoms with E-state index in [4.69, 9.17) is 21.0 Å². The Morgan fingerprint density at radius 1 is 0.521 bits per heavy atom. The Balaban J connectivity index is 0.000000113. The van der Waals surface area contributed by atoms with Gasteiger partial charge in [-0.05, 0) is 181 Å². The van der Waals surface area contributed by atoms with Gasteiger partial charge in [-0.1, -0.05) is 294 Å². The first-order chi connectivity index (χ1) is 71.0. The second-order valence-corrected chi connectivity index (χ2v) is 38.4. The van der Waals surface area contributed by atoms with E-state index in [1.165, 1.54) is 163 Å². The van der Waals surface area contributed by atoms with Gasteiger partial charge in [-0.15, -0.1) is 41.9 Å². The van der Waals surface area contributed by atoms with Gasteiger partial charge in [0.1, 0.15) is 66.0 Å². The zero-order chi connectivity index (χ0) is 97.9. The van der Waals surface area contributed by atoms with Crippen LogP contribution in [0.3, 0.4) is 0 Å². The molecule has 4 aliphatic rings. The fourth-order valence-electron chi connectivity index (χ4n) is 18.9. The maximum absolute atomic E-state index is 10.0. The van der Waals surface area contributed by atoms with Crippen molar-refractivity contribution in [3.63, 3.8) is 0 Å². The number of aliphatic imine (C=N–C) groups is 1. The van der Waals surface area contributed by atoms with Crippen molar-refractivity contribution in [1.82, 2.24) is 28.7 Å². The van der Waals surface area contributed by atoms with Gasteiger partial charge in [-0.2, -0.15) is 17.9 Å². The number of benzene rings is 15. The molecule has 715 valence electrons. The molecule has 4 aliphatic heterocycles. The molecule has 23 aromatic rings. The van der Waals surface area contributed by atoms with Crippen LogP contribution < -0.4 is 60.4 Å². The molecule has 4 N–H and O–H groups in total. The average molecular weight is 2170 g/mol. The number of nitrogens with zero attached hydrogens (tertiary/aromatic N) is 10. The van der Waals surface area contributed by atoms with Crippen molar-refractivity contribution in [3.8, 4) is 39.8 Å². The standard InChI is InChI=1S/C30H24OP2.C20H13N2.C20H15N2.C16H11N2.C13H11N4.C11H8N.C10H11BN2.C5H8O2.Cu.Pt/c1-4-14-24(15-5-1)32-29-22-12-10-20-27(29)31-28-21-11-13-23-30(28)33(25-16-6-2-7-17-25)26-18-8-3-9-19-26;1-2-9-16-14(7-1)15-8-5-6-13-12-21-17-10-3-4-11-18(17)22(16)20(21)19(13)15;1-2-9-16(10-3-1)22-19-13-7-6-12-18(19)21-14-15-8-4-5-11-17(15)20(21)22;1-2-7-14-13(6-1)17-9-8-11-4-3-5-12-10-18(14)16(17)15(11)12;14-12(10-6-2-1-3-7-10)17-13(15)11-8-4-5-9-16-11;1-2-6-10(7-3-1)11-8-4-5-9-12-11;1-4-8-13-9-12-7-3-2-6-11-10(13)5-1;1-4(6)3-5(2)7;;/h1-23,32H;1-11H,12H2;1-13H,14H2;1-9H,10H2;1-9H,(H2-,14,15,17);1-6,8-9H;1-8,12H,9H2;3,6H,1-2H3;;/q;3*+1;2*-1;+1;;+1;/p+1/b;;;;;;6-2-,7-3-;4-3-;;. The van der Waals surface area contributed by atoms with Gasteiger partial charge in [-0.25, -0.2) is 13.7 Å². The number of amidine groups is 2. The molecule has 0 aliphatic carbocycles. The fourth-order valence-corrected chi connectivity index (χ4v) is 22.7. The summed E-state index contributed by atoms with van der Waals surface area (Å²) in [6.07, 6.45) is 14.7. The minimum absolute atomic E-state index is 0. The number of allylic oxidation sites excluding steroid dienone is 4. The van der Waals surface area contributed by atoms with E-state index in [-0.39, 0.29) is 61.3 Å². The molecule has 27 rings (SSSR count). The Morgan fingerprint density at radius 2 is 1.08 bits per heavy atom. The third kappa shape index (κ3) is 22.3. The van der Waals surface area contributed by atoms with Gasteiger partial charge in [0.05, 0.1) is 34.0 Å². The van der Waals surface area contributed by atoms with Crippen molar-refractivity contribution >= 4 is 150 Å². The maximum atomic E-state index is 10.0. The third-order valence-electron chi connectivity index (χ3n) is 25.2. The number of aromatic nitrogens is 9. The van der Waals surface area contributed by atoms with E-state index in [0.29, 0.717) is 19.8 Å². The summed E-state index contributed by atoms with van der Waals surface area (Å²) in [6.45, 7) is 6.57. The first-order valence-electron chi connectivity index (χ1n) is 47.9. The van der Waals surface area contributed by atoms with Gasteiger partial charge in [-0.3, -0.25) is 9.78 Å². The first kappa shape index (κ1) is 99.6. The van der Waals surface area contributed by atoms with Crippen LogP contribution in [0.1, 0.15) is 41.8 Å². The van der Waals surface area contributed by atoms with Crippen LogP contribution in [0.5, 0.6) is 11.5 Å². The molecule has 21 heteroatoms. The minimum Gasteiger partial charge on any atom is -0.512 e. The SMILES string of the molecule is CC(=O)/C=C(/C)O.N=C(N=C([NH-])c1ccccn1)c1ccccc1.[B]1/C=C\C=C/NC[n+]2ccccc21.[Cu+].[Pt].[c-]1ccccc1-c1ccccn1.c1cc2c3c(c1)c1ccccc1n1c4ccccc4[n+](c31)C2.c1cc2c3c(c1)ccn1c4ccccc4[n+](c31)C2.c1ccc(-n2c3[n+](c4ccccc42)Cc2ccccc2-3)cc1.c1ccc(Pc2ccccc2Oc2ccccc2[PH+](c2ccccc2)c2ccccc2)cc1. The molecule has 0 saturated carbocycles. The molecule has 15 aromatic carbocycles. The monoisotopic (exact) mass is 2160 g/mol. The van der Waals surface area contributed by atoms with E-state index in [2.05, 4.69) is 417 Å². The van der Waals surface area contributed by atoms with E-state index >= 15 is 0 Å². The number of imidazole rings is 3. The number of carbonyl (C=O) groups is 1. The summed E-state index contributed by atoms with van der Waals surface area (Å²) in [5, 5.41) is 32.7. The molecular weight excluding hydrogens is 2060 g/mol. The number of pyridine rings is 5. The number of hydrogen-bond acceptors (Lipinski definition) is 7. The number of rotatable bonds is 12. The smallest absolute Gasteiger partial charge is 0.512 e. The Morgan fingerprint density at radius 3 is 1.77 bits per heavy atom. The quantitative estimate of drug-likeness (QED) is 0.0126. The molecule has 16 nitrogen and oxygen atoms in total. The molecule has 0 bridgehead atoms. The van der Waals surface area contributed by atoms with Gasteiger partial charge < -0.3 is 36.3 Å². The molecule has 8 aromatic heterocycles. The normalized spacial score (nSPS) is 12.4. The van der Waals surface area contributed by atoms with E-state index < -0.39 is 7.92 Å².